The van der Waals surface area contributed by atoms with Gasteiger partial charge < -0.3 is 15.2 Å². The lowest BCUT2D eigenvalue weighted by atomic mass is 9.80. The summed E-state index contributed by atoms with van der Waals surface area (Å²) in [5.41, 5.74) is -3.67. The van der Waals surface area contributed by atoms with E-state index in [1.165, 1.54) is 0 Å². The molecule has 1 fully saturated rings. The summed E-state index contributed by atoms with van der Waals surface area (Å²) >= 11 is 0. The summed E-state index contributed by atoms with van der Waals surface area (Å²) < 4.78 is 43.7. The van der Waals surface area contributed by atoms with Crippen molar-refractivity contribution >= 4 is 6.09 Å². The number of carbonyl (C=O) groups is 1. The molecule has 0 radical (unpaired) electrons. The first kappa shape index (κ1) is 16.1. The average Bonchev–Trinajstić information content (AvgIpc) is 2.17. The van der Waals surface area contributed by atoms with E-state index < -0.39 is 35.9 Å². The van der Waals surface area contributed by atoms with Gasteiger partial charge in [-0.2, -0.15) is 13.2 Å². The highest BCUT2D eigenvalue weighted by atomic mass is 19.4. The Labute approximate surface area is 110 Å². The molecule has 2 atom stereocenters. The summed E-state index contributed by atoms with van der Waals surface area (Å²) in [5.74, 6) is 0. The van der Waals surface area contributed by atoms with Gasteiger partial charge in [-0.15, -0.1) is 0 Å². The number of aliphatic hydroxyl groups is 1. The topological polar surface area (TPSA) is 58.6 Å². The van der Waals surface area contributed by atoms with E-state index in [0.29, 0.717) is 6.42 Å². The molecule has 1 aliphatic carbocycles. The van der Waals surface area contributed by atoms with Gasteiger partial charge in [0.25, 0.3) is 0 Å². The minimum atomic E-state index is -4.77. The summed E-state index contributed by atoms with van der Waals surface area (Å²) in [6.07, 6.45) is -5.23. The largest absolute Gasteiger partial charge is 0.444 e. The van der Waals surface area contributed by atoms with Gasteiger partial charge in [-0.3, -0.25) is 0 Å². The Balaban J connectivity index is 2.77. The number of ether oxygens (including phenoxy) is 1. The van der Waals surface area contributed by atoms with Crippen LogP contribution in [-0.4, -0.2) is 34.6 Å². The number of rotatable bonds is 1. The van der Waals surface area contributed by atoms with Crippen LogP contribution in [0.3, 0.4) is 0 Å². The molecule has 0 aromatic carbocycles. The van der Waals surface area contributed by atoms with Gasteiger partial charge in [-0.05, 0) is 33.6 Å². The predicted octanol–water partition coefficient (Wildman–Crippen LogP) is 2.75. The number of nitrogens with one attached hydrogen (secondary N) is 1. The molecule has 4 nitrogen and oxygen atoms in total. The highest BCUT2D eigenvalue weighted by Crippen LogP contribution is 2.41. The van der Waals surface area contributed by atoms with E-state index in [1.807, 2.05) is 0 Å². The van der Waals surface area contributed by atoms with Crippen molar-refractivity contribution in [3.05, 3.63) is 0 Å². The number of alkyl halides is 3. The van der Waals surface area contributed by atoms with E-state index >= 15 is 0 Å². The molecule has 0 aromatic rings. The Bertz CT molecular complexity index is 338. The minimum absolute atomic E-state index is 0.0786. The lowest BCUT2D eigenvalue weighted by Crippen LogP contribution is -2.62. The zero-order valence-corrected chi connectivity index (χ0v) is 11.3. The van der Waals surface area contributed by atoms with Crippen LogP contribution < -0.4 is 5.32 Å². The van der Waals surface area contributed by atoms with Crippen LogP contribution in [0.25, 0.3) is 0 Å². The second-order valence-electron chi connectivity index (χ2n) is 5.87. The number of amides is 1. The van der Waals surface area contributed by atoms with Gasteiger partial charge >= 0.3 is 12.3 Å². The van der Waals surface area contributed by atoms with Gasteiger partial charge in [0.15, 0.2) is 5.60 Å². The second-order valence-corrected chi connectivity index (χ2v) is 5.87. The van der Waals surface area contributed by atoms with E-state index in [2.05, 4.69) is 5.32 Å². The van der Waals surface area contributed by atoms with Gasteiger partial charge in [-0.1, -0.05) is 12.8 Å². The highest BCUT2D eigenvalue weighted by Gasteiger charge is 2.59. The molecule has 1 saturated carbocycles. The van der Waals surface area contributed by atoms with Gasteiger partial charge in [0.05, 0.1) is 6.04 Å². The van der Waals surface area contributed by atoms with Crippen LogP contribution in [0.4, 0.5) is 18.0 Å². The molecule has 0 aliphatic heterocycles. The molecule has 0 heterocycles. The first-order valence-corrected chi connectivity index (χ1v) is 6.24. The fraction of sp³-hybridized carbons (Fsp3) is 0.917. The van der Waals surface area contributed by atoms with Crippen molar-refractivity contribution in [1.82, 2.24) is 5.32 Å². The molecule has 19 heavy (non-hydrogen) atoms. The zero-order valence-electron chi connectivity index (χ0n) is 11.3. The van der Waals surface area contributed by atoms with Crippen molar-refractivity contribution in [1.29, 1.82) is 0 Å². The van der Waals surface area contributed by atoms with Crippen LogP contribution in [0, 0.1) is 0 Å². The Morgan fingerprint density at radius 3 is 2.37 bits per heavy atom. The molecule has 2 unspecified atom stereocenters. The molecular formula is C12H20F3NO3. The summed E-state index contributed by atoms with van der Waals surface area (Å²) in [5, 5.41) is 12.0. The SMILES string of the molecule is CC(C)(C)OC(=O)NC1CCCCC1(O)C(F)(F)F. The van der Waals surface area contributed by atoms with Gasteiger partial charge in [0.1, 0.15) is 5.60 Å². The highest BCUT2D eigenvalue weighted by molar-refractivity contribution is 5.68. The maximum atomic E-state index is 12.9. The normalized spacial score (nSPS) is 28.9. The predicted molar refractivity (Wildman–Crippen MR) is 62.6 cm³/mol. The summed E-state index contributed by atoms with van der Waals surface area (Å²) in [7, 11) is 0. The molecular weight excluding hydrogens is 263 g/mol. The molecule has 7 heteroatoms. The number of carbonyl (C=O) groups excluding carboxylic acids is 1. The van der Waals surface area contributed by atoms with Crippen molar-refractivity contribution in [2.24, 2.45) is 0 Å². The fourth-order valence-corrected chi connectivity index (χ4v) is 2.14. The van der Waals surface area contributed by atoms with Gasteiger partial charge in [0, 0.05) is 0 Å². The molecule has 0 saturated heterocycles. The first-order valence-electron chi connectivity index (χ1n) is 6.24. The maximum Gasteiger partial charge on any atom is 0.419 e. The Hall–Kier alpha value is -0.980. The van der Waals surface area contributed by atoms with E-state index in [1.54, 1.807) is 20.8 Å². The molecule has 0 spiro atoms. The van der Waals surface area contributed by atoms with Crippen LogP contribution in [0.2, 0.25) is 0 Å². The number of alkyl carbamates (subject to hydrolysis) is 1. The molecule has 2 N–H and O–H groups in total. The van der Waals surface area contributed by atoms with E-state index in [9.17, 15) is 23.1 Å². The molecule has 0 bridgehead atoms. The van der Waals surface area contributed by atoms with Crippen molar-refractivity contribution < 1.29 is 27.8 Å². The smallest absolute Gasteiger partial charge is 0.419 e. The molecule has 1 rings (SSSR count). The summed E-state index contributed by atoms with van der Waals surface area (Å²) in [4.78, 5) is 11.5. The Morgan fingerprint density at radius 1 is 1.32 bits per heavy atom. The summed E-state index contributed by atoms with van der Waals surface area (Å²) in [6, 6.07) is -1.36. The molecule has 0 aromatic heterocycles. The summed E-state index contributed by atoms with van der Waals surface area (Å²) in [6.45, 7) is 4.84. The van der Waals surface area contributed by atoms with Crippen molar-refractivity contribution in [3.8, 4) is 0 Å². The van der Waals surface area contributed by atoms with Crippen molar-refractivity contribution in [2.45, 2.75) is 69.9 Å². The molecule has 1 amide bonds. The third kappa shape index (κ3) is 3.99. The second kappa shape index (κ2) is 5.19. The van der Waals surface area contributed by atoms with Gasteiger partial charge in [-0.25, -0.2) is 4.79 Å². The molecule has 1 aliphatic rings. The van der Waals surface area contributed by atoms with Crippen molar-refractivity contribution in [3.63, 3.8) is 0 Å². The Morgan fingerprint density at radius 2 is 1.89 bits per heavy atom. The van der Waals surface area contributed by atoms with Crippen LogP contribution in [-0.2, 0) is 4.74 Å². The standard InChI is InChI=1S/C12H20F3NO3/c1-10(2,3)19-9(17)16-8-6-4-5-7-11(8,18)12(13,14)15/h8,18H,4-7H2,1-3H3,(H,16,17). The lowest BCUT2D eigenvalue weighted by Gasteiger charge is -2.41. The average molecular weight is 283 g/mol. The van der Waals surface area contributed by atoms with E-state index in [0.717, 1.165) is 0 Å². The van der Waals surface area contributed by atoms with Crippen molar-refractivity contribution in [2.75, 3.05) is 0 Å². The van der Waals surface area contributed by atoms with Crippen LogP contribution in [0.5, 0.6) is 0 Å². The molecule has 112 valence electrons. The lowest BCUT2D eigenvalue weighted by molar-refractivity contribution is -0.277. The zero-order chi connectivity index (χ0) is 14.9. The third-order valence-electron chi connectivity index (χ3n) is 3.06. The number of hydrogen-bond acceptors (Lipinski definition) is 3. The van der Waals surface area contributed by atoms with Crippen LogP contribution in [0.15, 0.2) is 0 Å². The maximum absolute atomic E-state index is 12.9. The van der Waals surface area contributed by atoms with E-state index in [-0.39, 0.29) is 12.8 Å². The quantitative estimate of drug-likeness (QED) is 0.778. The van der Waals surface area contributed by atoms with Crippen LogP contribution in [0.1, 0.15) is 46.5 Å². The van der Waals surface area contributed by atoms with E-state index in [4.69, 9.17) is 4.74 Å². The monoisotopic (exact) mass is 283 g/mol. The fourth-order valence-electron chi connectivity index (χ4n) is 2.14. The first-order chi connectivity index (χ1) is 8.46. The minimum Gasteiger partial charge on any atom is -0.444 e. The number of halogens is 3. The van der Waals surface area contributed by atoms with Crippen LogP contribution >= 0.6 is 0 Å². The van der Waals surface area contributed by atoms with Gasteiger partial charge in [0.2, 0.25) is 0 Å². The number of hydrogen-bond donors (Lipinski definition) is 2. The Kier molecular flexibility index (Phi) is 4.39. The third-order valence-corrected chi connectivity index (χ3v) is 3.06.